The average Bonchev–Trinajstić information content (AvgIpc) is 2.87. The number of hydrogen-bond acceptors (Lipinski definition) is 4. The molecule has 194 valence electrons. The predicted octanol–water partition coefficient (Wildman–Crippen LogP) is 1.53. The first-order chi connectivity index (χ1) is 16.9. The summed E-state index contributed by atoms with van der Waals surface area (Å²) in [5.74, 6) is -2.08. The molecule has 8 heteroatoms. The second-order valence-corrected chi connectivity index (χ2v) is 10.4. The minimum Gasteiger partial charge on any atom is -1.00 e. The van der Waals surface area contributed by atoms with Gasteiger partial charge in [-0.25, -0.2) is 13.6 Å². The van der Waals surface area contributed by atoms with E-state index >= 15 is 0 Å². The molecule has 4 saturated heterocycles. The van der Waals surface area contributed by atoms with Crippen molar-refractivity contribution in [1.29, 1.82) is 0 Å². The van der Waals surface area contributed by atoms with E-state index in [1.54, 1.807) is 0 Å². The van der Waals surface area contributed by atoms with E-state index in [0.29, 0.717) is 16.9 Å². The van der Waals surface area contributed by atoms with Crippen molar-refractivity contribution in [3.05, 3.63) is 71.3 Å². The van der Waals surface area contributed by atoms with Crippen molar-refractivity contribution in [2.24, 2.45) is 5.92 Å². The Kier molecular flexibility index (Phi) is 8.58. The smallest absolute Gasteiger partial charge is 0.328 e. The van der Waals surface area contributed by atoms with Gasteiger partial charge >= 0.3 is 5.97 Å². The van der Waals surface area contributed by atoms with Crippen LogP contribution in [0.5, 0.6) is 0 Å². The Hall–Kier alpha value is -2.16. The van der Waals surface area contributed by atoms with Crippen LogP contribution < -0.4 is 17.0 Å². The van der Waals surface area contributed by atoms with Crippen LogP contribution in [0.15, 0.2) is 48.5 Å². The summed E-state index contributed by atoms with van der Waals surface area (Å²) < 4.78 is 33.8. The van der Waals surface area contributed by atoms with Gasteiger partial charge in [-0.3, -0.25) is 9.69 Å². The molecule has 6 rings (SSSR count). The summed E-state index contributed by atoms with van der Waals surface area (Å²) in [6.45, 7) is 4.23. The minimum absolute atomic E-state index is 0. The fraction of sp³-hybridized carbons (Fsp3) is 0.500. The van der Waals surface area contributed by atoms with Gasteiger partial charge in [-0.2, -0.15) is 0 Å². The number of rotatable bonds is 7. The first-order valence-electron chi connectivity index (χ1n) is 12.8. The maximum Gasteiger partial charge on any atom is 0.328 e. The second kappa shape index (κ2) is 11.5. The first kappa shape index (κ1) is 26.9. The number of halogens is 3. The monoisotopic (exact) mass is 562 g/mol. The molecule has 36 heavy (non-hydrogen) atoms. The molecule has 0 aromatic heterocycles. The molecular weight excluding hydrogens is 530 g/mol. The molecule has 2 aromatic rings. The normalized spacial score (nSPS) is 26.6. The van der Waals surface area contributed by atoms with Crippen LogP contribution in [0.3, 0.4) is 0 Å². The van der Waals surface area contributed by atoms with Gasteiger partial charge in [0.05, 0.1) is 13.1 Å². The van der Waals surface area contributed by atoms with Crippen molar-refractivity contribution < 1.29 is 44.6 Å². The number of ether oxygens (including phenoxy) is 1. The summed E-state index contributed by atoms with van der Waals surface area (Å²) in [7, 11) is 0. The molecule has 2 atom stereocenters. The van der Waals surface area contributed by atoms with Crippen LogP contribution in [0, 0.1) is 17.6 Å². The molecule has 5 nitrogen and oxygen atoms in total. The Balaban J connectivity index is 0.00000304. The number of piperidine rings is 4. The van der Waals surface area contributed by atoms with Gasteiger partial charge in [0.2, 0.25) is 5.78 Å². The quantitative estimate of drug-likeness (QED) is 0.292. The lowest BCUT2D eigenvalue weighted by Gasteiger charge is -2.51. The Bertz CT molecular complexity index is 1070. The lowest BCUT2D eigenvalue weighted by molar-refractivity contribution is -0.938. The Labute approximate surface area is 221 Å². The maximum absolute atomic E-state index is 13.7. The number of ketones is 1. The lowest BCUT2D eigenvalue weighted by Crippen LogP contribution is -3.00. The molecular formula is C28H33BrF2N2O3. The Morgan fingerprint density at radius 1 is 0.972 bits per heavy atom. The van der Waals surface area contributed by atoms with Crippen molar-refractivity contribution in [3.63, 3.8) is 0 Å². The van der Waals surface area contributed by atoms with E-state index in [-0.39, 0.29) is 46.9 Å². The van der Waals surface area contributed by atoms with Gasteiger partial charge < -0.3 is 26.2 Å². The molecule has 1 unspecified atom stereocenters. The third kappa shape index (κ3) is 5.71. The van der Waals surface area contributed by atoms with Crippen LogP contribution in [-0.4, -0.2) is 66.5 Å². The SMILES string of the molecule is O=C(C[N+]12CCC(CC1)[C@@H](OC(=O)C(c1ccccc1)N1CCCCC1)C2)c1ccc(F)c(F)c1.[Br-]. The van der Waals surface area contributed by atoms with Crippen LogP contribution in [0.25, 0.3) is 0 Å². The van der Waals surface area contributed by atoms with Crippen LogP contribution >= 0.6 is 0 Å². The van der Waals surface area contributed by atoms with E-state index in [1.165, 1.54) is 12.5 Å². The molecule has 0 amide bonds. The van der Waals surface area contributed by atoms with Crippen LogP contribution in [0.4, 0.5) is 8.78 Å². The summed E-state index contributed by atoms with van der Waals surface area (Å²) >= 11 is 0. The van der Waals surface area contributed by atoms with E-state index in [0.717, 1.165) is 69.6 Å². The molecule has 4 aliphatic rings. The standard InChI is InChI=1S/C28H33F2N2O3.BrH/c29-23-10-9-22(17-24(23)30)25(33)18-32-15-11-20(12-16-32)26(19-32)35-28(34)27(21-7-3-1-4-8-21)31-13-5-2-6-14-31;/h1,3-4,7-10,17,20,26-27H,2,5-6,11-16,18-19H2;1H/q+1;/p-1/t20?,26-,27?,32?;/m0./s1. The highest BCUT2D eigenvalue weighted by Crippen LogP contribution is 2.37. The van der Waals surface area contributed by atoms with Gasteiger partial charge in [-0.05, 0) is 49.7 Å². The maximum atomic E-state index is 13.7. The Morgan fingerprint density at radius 3 is 2.33 bits per heavy atom. The number of benzene rings is 2. The summed E-state index contributed by atoms with van der Waals surface area (Å²) in [5, 5.41) is 0. The fourth-order valence-electron chi connectivity index (χ4n) is 6.16. The van der Waals surface area contributed by atoms with Gasteiger partial charge in [0.25, 0.3) is 0 Å². The third-order valence-corrected chi connectivity index (χ3v) is 8.12. The van der Waals surface area contributed by atoms with Gasteiger partial charge in [0, 0.05) is 24.3 Å². The minimum atomic E-state index is -1.01. The Morgan fingerprint density at radius 2 is 1.67 bits per heavy atom. The zero-order valence-corrected chi connectivity index (χ0v) is 22.0. The number of carbonyl (C=O) groups excluding carboxylic acids is 2. The zero-order chi connectivity index (χ0) is 24.4. The second-order valence-electron chi connectivity index (χ2n) is 10.4. The highest BCUT2D eigenvalue weighted by atomic mass is 79.9. The number of carbonyl (C=O) groups is 2. The number of quaternary nitrogens is 1. The van der Waals surface area contributed by atoms with Crippen molar-refractivity contribution in [2.45, 2.75) is 44.2 Å². The van der Waals surface area contributed by atoms with Crippen molar-refractivity contribution >= 4 is 11.8 Å². The molecule has 0 radical (unpaired) electrons. The average molecular weight is 563 g/mol. The molecule has 2 aromatic carbocycles. The van der Waals surface area contributed by atoms with Crippen LogP contribution in [0.2, 0.25) is 0 Å². The summed E-state index contributed by atoms with van der Waals surface area (Å²) in [6.07, 6.45) is 4.89. The number of fused-ring (bicyclic) bond motifs is 3. The topological polar surface area (TPSA) is 46.6 Å². The van der Waals surface area contributed by atoms with E-state index in [1.807, 2.05) is 30.3 Å². The first-order valence-corrected chi connectivity index (χ1v) is 12.8. The van der Waals surface area contributed by atoms with Crippen LogP contribution in [0.1, 0.15) is 54.1 Å². The number of esters is 1. The van der Waals surface area contributed by atoms with Gasteiger partial charge in [-0.1, -0.05) is 36.8 Å². The number of nitrogens with zero attached hydrogens (tertiary/aromatic N) is 2. The molecule has 0 spiro atoms. The molecule has 4 aliphatic heterocycles. The molecule has 0 aliphatic carbocycles. The fourth-order valence-corrected chi connectivity index (χ4v) is 6.16. The number of Topliss-reactive ketones (excluding diaryl/α,β-unsaturated/α-hetero) is 1. The van der Waals surface area contributed by atoms with Crippen molar-refractivity contribution in [2.75, 3.05) is 39.3 Å². The third-order valence-electron chi connectivity index (χ3n) is 8.12. The molecule has 4 heterocycles. The number of hydrogen-bond donors (Lipinski definition) is 0. The van der Waals surface area contributed by atoms with Gasteiger partial charge in [-0.15, -0.1) is 0 Å². The summed E-state index contributed by atoms with van der Waals surface area (Å²) in [4.78, 5) is 28.8. The molecule has 0 saturated carbocycles. The van der Waals surface area contributed by atoms with E-state index in [9.17, 15) is 18.4 Å². The molecule has 2 bridgehead atoms. The van der Waals surface area contributed by atoms with E-state index in [4.69, 9.17) is 4.74 Å². The number of likely N-dealkylation sites (tertiary alicyclic amines) is 1. The van der Waals surface area contributed by atoms with Crippen molar-refractivity contribution in [3.8, 4) is 0 Å². The lowest BCUT2D eigenvalue weighted by atomic mass is 9.82. The van der Waals surface area contributed by atoms with Gasteiger partial charge in [0.1, 0.15) is 19.1 Å². The highest BCUT2D eigenvalue weighted by molar-refractivity contribution is 5.97. The molecule has 0 N–H and O–H groups in total. The summed E-state index contributed by atoms with van der Waals surface area (Å²) in [5.41, 5.74) is 1.14. The largest absolute Gasteiger partial charge is 1.00 e. The predicted molar refractivity (Wildman–Crippen MR) is 128 cm³/mol. The van der Waals surface area contributed by atoms with E-state index < -0.39 is 17.7 Å². The van der Waals surface area contributed by atoms with Crippen molar-refractivity contribution in [1.82, 2.24) is 4.90 Å². The highest BCUT2D eigenvalue weighted by Gasteiger charge is 2.49. The zero-order valence-electron chi connectivity index (χ0n) is 20.4. The summed E-state index contributed by atoms with van der Waals surface area (Å²) in [6, 6.07) is 12.8. The van der Waals surface area contributed by atoms with Crippen LogP contribution in [-0.2, 0) is 9.53 Å². The van der Waals surface area contributed by atoms with E-state index in [2.05, 4.69) is 4.90 Å². The molecule has 4 fully saturated rings. The van der Waals surface area contributed by atoms with Gasteiger partial charge in [0.15, 0.2) is 17.7 Å².